The standard InChI is InChI=1S/C21H30F2N4O4/c1-21(2,3)31-20(29)27-8-5-6-16(27)18(28)24-11-13-10-15(23)17(25-19(13)30-4)26-9-7-14(22)12-26/h10,14,16H,5-9,11-12H2,1-4H3,(H,24,28). The third kappa shape index (κ3) is 5.54. The fourth-order valence-corrected chi connectivity index (χ4v) is 3.81. The van der Waals surface area contributed by atoms with E-state index in [9.17, 15) is 18.4 Å². The van der Waals surface area contributed by atoms with Crippen LogP contribution >= 0.6 is 0 Å². The number of amides is 2. The fourth-order valence-electron chi connectivity index (χ4n) is 3.81. The fraction of sp³-hybridized carbons (Fsp3) is 0.667. The van der Waals surface area contributed by atoms with Crippen LogP contribution in [0.25, 0.3) is 0 Å². The summed E-state index contributed by atoms with van der Waals surface area (Å²) < 4.78 is 38.8. The predicted octanol–water partition coefficient (Wildman–Crippen LogP) is 2.79. The Morgan fingerprint density at radius 1 is 1.29 bits per heavy atom. The van der Waals surface area contributed by atoms with Crippen molar-refractivity contribution in [3.8, 4) is 5.88 Å². The van der Waals surface area contributed by atoms with Crippen molar-refractivity contribution in [2.45, 2.75) is 64.4 Å². The Morgan fingerprint density at radius 3 is 2.65 bits per heavy atom. The molecule has 2 fully saturated rings. The number of likely N-dealkylation sites (tertiary alicyclic amines) is 1. The van der Waals surface area contributed by atoms with Crippen LogP contribution < -0.4 is 15.0 Å². The molecule has 2 aliphatic rings. The Hall–Kier alpha value is -2.65. The van der Waals surface area contributed by atoms with Crippen LogP contribution in [0.3, 0.4) is 0 Å². The SMILES string of the molecule is COc1nc(N2CCC(F)C2)c(F)cc1CNC(=O)C1CCCN1C(=O)OC(C)(C)C. The van der Waals surface area contributed by atoms with E-state index in [0.717, 1.165) is 0 Å². The molecule has 0 bridgehead atoms. The molecule has 0 radical (unpaired) electrons. The Morgan fingerprint density at radius 2 is 2.03 bits per heavy atom. The van der Waals surface area contributed by atoms with Gasteiger partial charge in [-0.3, -0.25) is 9.69 Å². The lowest BCUT2D eigenvalue weighted by Crippen LogP contribution is -2.47. The average molecular weight is 440 g/mol. The molecule has 3 heterocycles. The van der Waals surface area contributed by atoms with Gasteiger partial charge in [0.15, 0.2) is 11.6 Å². The minimum absolute atomic E-state index is 0.0173. The number of rotatable bonds is 5. The topological polar surface area (TPSA) is 84.0 Å². The number of nitrogens with zero attached hydrogens (tertiary/aromatic N) is 3. The molecule has 2 amide bonds. The van der Waals surface area contributed by atoms with Gasteiger partial charge in [0.2, 0.25) is 11.8 Å². The van der Waals surface area contributed by atoms with E-state index in [0.29, 0.717) is 37.9 Å². The molecule has 2 atom stereocenters. The lowest BCUT2D eigenvalue weighted by atomic mass is 10.2. The quantitative estimate of drug-likeness (QED) is 0.758. The van der Waals surface area contributed by atoms with Crippen LogP contribution in [0, 0.1) is 5.82 Å². The summed E-state index contributed by atoms with van der Waals surface area (Å²) in [5.74, 6) is -0.751. The monoisotopic (exact) mass is 440 g/mol. The first-order chi connectivity index (χ1) is 14.6. The zero-order chi connectivity index (χ0) is 22.8. The summed E-state index contributed by atoms with van der Waals surface area (Å²) in [4.78, 5) is 32.3. The summed E-state index contributed by atoms with van der Waals surface area (Å²) in [5.41, 5.74) is -0.300. The van der Waals surface area contributed by atoms with Crippen LogP contribution in [0.5, 0.6) is 5.88 Å². The molecule has 3 rings (SSSR count). The molecule has 1 aromatic heterocycles. The molecule has 1 N–H and O–H groups in total. The van der Waals surface area contributed by atoms with Crippen LogP contribution in [0.2, 0.25) is 0 Å². The number of carbonyl (C=O) groups excluding carboxylic acids is 2. The van der Waals surface area contributed by atoms with Crippen molar-refractivity contribution in [2.24, 2.45) is 0 Å². The number of hydrogen-bond acceptors (Lipinski definition) is 6. The minimum Gasteiger partial charge on any atom is -0.481 e. The molecule has 2 unspecified atom stereocenters. The van der Waals surface area contributed by atoms with Crippen molar-refractivity contribution in [3.05, 3.63) is 17.4 Å². The van der Waals surface area contributed by atoms with E-state index in [1.165, 1.54) is 18.1 Å². The minimum atomic E-state index is -1.01. The first-order valence-electron chi connectivity index (χ1n) is 10.5. The van der Waals surface area contributed by atoms with Gasteiger partial charge in [0.25, 0.3) is 0 Å². The Bertz CT molecular complexity index is 830. The van der Waals surface area contributed by atoms with Gasteiger partial charge in [-0.25, -0.2) is 13.6 Å². The second-order valence-corrected chi connectivity index (χ2v) is 8.84. The average Bonchev–Trinajstić information content (AvgIpc) is 3.34. The molecule has 0 spiro atoms. The highest BCUT2D eigenvalue weighted by Gasteiger charge is 2.36. The van der Waals surface area contributed by atoms with E-state index in [2.05, 4.69) is 10.3 Å². The van der Waals surface area contributed by atoms with E-state index >= 15 is 0 Å². The maximum atomic E-state index is 14.6. The second-order valence-electron chi connectivity index (χ2n) is 8.84. The van der Waals surface area contributed by atoms with E-state index in [-0.39, 0.29) is 30.7 Å². The molecule has 172 valence electrons. The van der Waals surface area contributed by atoms with Gasteiger partial charge in [-0.15, -0.1) is 0 Å². The third-order valence-electron chi connectivity index (χ3n) is 5.26. The molecule has 31 heavy (non-hydrogen) atoms. The lowest BCUT2D eigenvalue weighted by Gasteiger charge is -2.28. The zero-order valence-electron chi connectivity index (χ0n) is 18.4. The Balaban J connectivity index is 1.66. The van der Waals surface area contributed by atoms with Gasteiger partial charge in [-0.05, 0) is 46.1 Å². The van der Waals surface area contributed by atoms with Crippen LogP contribution in [0.4, 0.5) is 19.4 Å². The molecular weight excluding hydrogens is 410 g/mol. The molecule has 10 heteroatoms. The van der Waals surface area contributed by atoms with Gasteiger partial charge < -0.3 is 19.7 Å². The van der Waals surface area contributed by atoms with Crippen molar-refractivity contribution in [2.75, 3.05) is 31.6 Å². The molecule has 1 aromatic rings. The number of alkyl halides is 1. The molecule has 2 saturated heterocycles. The second kappa shape index (κ2) is 9.23. The molecule has 0 aliphatic carbocycles. The van der Waals surface area contributed by atoms with E-state index in [1.54, 1.807) is 25.7 Å². The Labute approximate surface area is 180 Å². The number of aromatic nitrogens is 1. The molecule has 0 saturated carbocycles. The molecule has 0 aromatic carbocycles. The third-order valence-corrected chi connectivity index (χ3v) is 5.26. The first kappa shape index (κ1) is 23.0. The van der Waals surface area contributed by atoms with E-state index in [1.807, 2.05) is 0 Å². The maximum Gasteiger partial charge on any atom is 0.410 e. The number of nitrogens with one attached hydrogen (secondary N) is 1. The summed E-state index contributed by atoms with van der Waals surface area (Å²) in [6.45, 7) is 6.19. The van der Waals surface area contributed by atoms with E-state index < -0.39 is 29.7 Å². The highest BCUT2D eigenvalue weighted by Crippen LogP contribution is 2.28. The molecular formula is C21H30F2N4O4. The number of ether oxygens (including phenoxy) is 2. The van der Waals surface area contributed by atoms with Gasteiger partial charge >= 0.3 is 6.09 Å². The molecule has 8 nitrogen and oxygen atoms in total. The number of carbonyl (C=O) groups is 2. The smallest absolute Gasteiger partial charge is 0.410 e. The van der Waals surface area contributed by atoms with Gasteiger partial charge in [0.1, 0.15) is 17.8 Å². The van der Waals surface area contributed by atoms with E-state index in [4.69, 9.17) is 9.47 Å². The summed E-state index contributed by atoms with van der Waals surface area (Å²) in [6, 6.07) is 0.594. The predicted molar refractivity (Wildman–Crippen MR) is 110 cm³/mol. The maximum absolute atomic E-state index is 14.6. The van der Waals surface area contributed by atoms with Crippen LogP contribution in [-0.4, -0.2) is 66.4 Å². The highest BCUT2D eigenvalue weighted by molar-refractivity contribution is 5.86. The summed E-state index contributed by atoms with van der Waals surface area (Å²) in [7, 11) is 1.40. The summed E-state index contributed by atoms with van der Waals surface area (Å²) in [6.07, 6.45) is 0.00274. The van der Waals surface area contributed by atoms with Gasteiger partial charge in [-0.2, -0.15) is 4.98 Å². The number of pyridine rings is 1. The van der Waals surface area contributed by atoms with Crippen molar-refractivity contribution in [1.29, 1.82) is 0 Å². The Kier molecular flexibility index (Phi) is 6.86. The van der Waals surface area contributed by atoms with Crippen molar-refractivity contribution in [1.82, 2.24) is 15.2 Å². The van der Waals surface area contributed by atoms with Crippen molar-refractivity contribution < 1.29 is 27.8 Å². The first-order valence-corrected chi connectivity index (χ1v) is 10.5. The summed E-state index contributed by atoms with van der Waals surface area (Å²) >= 11 is 0. The van der Waals surface area contributed by atoms with Gasteiger partial charge in [0, 0.05) is 25.2 Å². The zero-order valence-corrected chi connectivity index (χ0v) is 18.4. The van der Waals surface area contributed by atoms with Crippen LogP contribution in [0.1, 0.15) is 45.6 Å². The number of hydrogen-bond donors (Lipinski definition) is 1. The molecule has 2 aliphatic heterocycles. The normalized spacial score (nSPS) is 21.4. The highest BCUT2D eigenvalue weighted by atomic mass is 19.1. The van der Waals surface area contributed by atoms with Gasteiger partial charge in [0.05, 0.1) is 13.7 Å². The summed E-state index contributed by atoms with van der Waals surface area (Å²) in [5, 5.41) is 2.74. The number of halogens is 2. The van der Waals surface area contributed by atoms with Gasteiger partial charge in [-0.1, -0.05) is 0 Å². The lowest BCUT2D eigenvalue weighted by molar-refractivity contribution is -0.125. The van der Waals surface area contributed by atoms with Crippen molar-refractivity contribution >= 4 is 17.8 Å². The van der Waals surface area contributed by atoms with Crippen molar-refractivity contribution in [3.63, 3.8) is 0 Å². The largest absolute Gasteiger partial charge is 0.481 e. The number of methoxy groups -OCH3 is 1. The number of anilines is 1. The van der Waals surface area contributed by atoms with Crippen LogP contribution in [-0.2, 0) is 16.1 Å². The van der Waals surface area contributed by atoms with Crippen LogP contribution in [0.15, 0.2) is 6.07 Å².